The summed E-state index contributed by atoms with van der Waals surface area (Å²) in [6.45, 7) is 1.72. The third kappa shape index (κ3) is 1.36. The molecule has 11 heavy (non-hydrogen) atoms. The smallest absolute Gasteiger partial charge is 0.181 e. The Kier molecular flexibility index (Phi) is 2.15. The molecule has 0 aromatic carbocycles. The zero-order valence-corrected chi connectivity index (χ0v) is 7.68. The zero-order chi connectivity index (χ0) is 8.59. The van der Waals surface area contributed by atoms with Crippen molar-refractivity contribution in [3.63, 3.8) is 0 Å². The fourth-order valence-electron chi connectivity index (χ4n) is 0.880. The van der Waals surface area contributed by atoms with E-state index in [1.165, 1.54) is 0 Å². The second-order valence-corrected chi connectivity index (χ2v) is 3.33. The molecule has 0 aliphatic heterocycles. The lowest BCUT2D eigenvalue weighted by Gasteiger charge is -2.17. The Morgan fingerprint density at radius 2 is 2.18 bits per heavy atom. The standard InChI is InChI=1S/C7H9BrN2O/c1-3-2-4(8)5(9)6(10)7(3)11/h2,6H,9-10H2,1H3. The van der Waals surface area contributed by atoms with Crippen LogP contribution in [0.5, 0.6) is 0 Å². The van der Waals surface area contributed by atoms with E-state index in [4.69, 9.17) is 11.5 Å². The van der Waals surface area contributed by atoms with E-state index in [-0.39, 0.29) is 5.78 Å². The predicted octanol–water partition coefficient (Wildman–Crippen LogP) is 0.408. The maximum absolute atomic E-state index is 11.2. The highest BCUT2D eigenvalue weighted by Crippen LogP contribution is 2.21. The molecule has 0 radical (unpaired) electrons. The van der Waals surface area contributed by atoms with E-state index in [1.54, 1.807) is 13.0 Å². The molecule has 0 spiro atoms. The average molecular weight is 217 g/mol. The first-order valence-electron chi connectivity index (χ1n) is 3.17. The Bertz CT molecular complexity index is 268. The number of hydrogen-bond acceptors (Lipinski definition) is 3. The van der Waals surface area contributed by atoms with Gasteiger partial charge in [-0.2, -0.15) is 0 Å². The van der Waals surface area contributed by atoms with E-state index < -0.39 is 6.04 Å². The van der Waals surface area contributed by atoms with Gasteiger partial charge in [0, 0.05) is 10.2 Å². The van der Waals surface area contributed by atoms with Crippen molar-refractivity contribution in [2.75, 3.05) is 0 Å². The van der Waals surface area contributed by atoms with Crippen LogP contribution in [-0.4, -0.2) is 11.8 Å². The summed E-state index contributed by atoms with van der Waals surface area (Å²) in [4.78, 5) is 11.2. The first-order valence-corrected chi connectivity index (χ1v) is 3.96. The van der Waals surface area contributed by atoms with Gasteiger partial charge in [0.1, 0.15) is 6.04 Å². The summed E-state index contributed by atoms with van der Waals surface area (Å²) < 4.78 is 0.710. The van der Waals surface area contributed by atoms with Crippen LogP contribution < -0.4 is 11.5 Å². The quantitative estimate of drug-likeness (QED) is 0.617. The Morgan fingerprint density at radius 3 is 2.73 bits per heavy atom. The van der Waals surface area contributed by atoms with Crippen LogP contribution >= 0.6 is 15.9 Å². The van der Waals surface area contributed by atoms with Crippen LogP contribution in [0.2, 0.25) is 0 Å². The van der Waals surface area contributed by atoms with E-state index in [9.17, 15) is 4.79 Å². The molecule has 1 atom stereocenters. The molecule has 0 heterocycles. The van der Waals surface area contributed by atoms with Gasteiger partial charge in [0.25, 0.3) is 0 Å². The molecule has 4 heteroatoms. The number of Topliss-reactive ketones (excluding diaryl/α,β-unsaturated/α-hetero) is 1. The van der Waals surface area contributed by atoms with Gasteiger partial charge in [0.15, 0.2) is 5.78 Å². The summed E-state index contributed by atoms with van der Waals surface area (Å²) in [5.74, 6) is -0.106. The molecule has 0 aromatic heterocycles. The molecule has 1 aliphatic carbocycles. The van der Waals surface area contributed by atoms with Gasteiger partial charge in [-0.05, 0) is 34.5 Å². The first kappa shape index (κ1) is 8.49. The molecule has 1 rings (SSSR count). The molecule has 3 nitrogen and oxygen atoms in total. The third-order valence-electron chi connectivity index (χ3n) is 1.63. The summed E-state index contributed by atoms with van der Waals surface area (Å²) in [5, 5.41) is 0. The maximum atomic E-state index is 11.2. The minimum Gasteiger partial charge on any atom is -0.399 e. The molecular formula is C7H9BrN2O. The first-order chi connectivity index (χ1) is 5.04. The van der Waals surface area contributed by atoms with Crippen molar-refractivity contribution in [3.05, 3.63) is 21.8 Å². The molecule has 0 fully saturated rings. The highest BCUT2D eigenvalue weighted by Gasteiger charge is 2.23. The Hall–Kier alpha value is -0.610. The SMILES string of the molecule is CC1=CC(Br)=C(N)C(N)C1=O. The summed E-state index contributed by atoms with van der Waals surface area (Å²) in [6, 6.07) is -0.672. The summed E-state index contributed by atoms with van der Waals surface area (Å²) in [5.41, 5.74) is 12.1. The minimum absolute atomic E-state index is 0.106. The van der Waals surface area contributed by atoms with E-state index in [0.717, 1.165) is 0 Å². The molecule has 0 bridgehead atoms. The lowest BCUT2D eigenvalue weighted by molar-refractivity contribution is -0.116. The van der Waals surface area contributed by atoms with Gasteiger partial charge in [0.05, 0.1) is 0 Å². The molecule has 4 N–H and O–H groups in total. The predicted molar refractivity (Wildman–Crippen MR) is 46.9 cm³/mol. The van der Waals surface area contributed by atoms with Gasteiger partial charge in [-0.3, -0.25) is 4.79 Å². The van der Waals surface area contributed by atoms with Crippen molar-refractivity contribution >= 4 is 21.7 Å². The molecule has 60 valence electrons. The van der Waals surface area contributed by atoms with Crippen LogP contribution in [0.25, 0.3) is 0 Å². The highest BCUT2D eigenvalue weighted by atomic mass is 79.9. The van der Waals surface area contributed by atoms with E-state index in [0.29, 0.717) is 15.8 Å². The van der Waals surface area contributed by atoms with Crippen LogP contribution in [0.3, 0.4) is 0 Å². The number of allylic oxidation sites excluding steroid dienone is 2. The van der Waals surface area contributed by atoms with Crippen LogP contribution in [0.15, 0.2) is 21.8 Å². The van der Waals surface area contributed by atoms with Crippen molar-refractivity contribution < 1.29 is 4.79 Å². The minimum atomic E-state index is -0.672. The Balaban J connectivity index is 3.11. The lowest BCUT2D eigenvalue weighted by Crippen LogP contribution is -2.38. The van der Waals surface area contributed by atoms with Crippen molar-refractivity contribution in [1.29, 1.82) is 0 Å². The molecular weight excluding hydrogens is 208 g/mol. The monoisotopic (exact) mass is 216 g/mol. The van der Waals surface area contributed by atoms with Gasteiger partial charge in [-0.1, -0.05) is 0 Å². The second-order valence-electron chi connectivity index (χ2n) is 2.47. The number of ketones is 1. The molecule has 1 unspecified atom stereocenters. The Morgan fingerprint density at radius 1 is 1.64 bits per heavy atom. The third-order valence-corrected chi connectivity index (χ3v) is 2.31. The van der Waals surface area contributed by atoms with Crippen LogP contribution in [-0.2, 0) is 4.79 Å². The van der Waals surface area contributed by atoms with E-state index in [2.05, 4.69) is 15.9 Å². The molecule has 0 aromatic rings. The largest absolute Gasteiger partial charge is 0.399 e. The summed E-state index contributed by atoms with van der Waals surface area (Å²) in [6.07, 6.45) is 1.68. The van der Waals surface area contributed by atoms with Crippen molar-refractivity contribution in [1.82, 2.24) is 0 Å². The van der Waals surface area contributed by atoms with Gasteiger partial charge in [-0.25, -0.2) is 0 Å². The fourth-order valence-corrected chi connectivity index (χ4v) is 1.47. The van der Waals surface area contributed by atoms with Gasteiger partial charge in [-0.15, -0.1) is 0 Å². The number of hydrogen-bond donors (Lipinski definition) is 2. The Labute approximate surface area is 73.3 Å². The normalized spacial score (nSPS) is 25.5. The molecule has 0 amide bonds. The van der Waals surface area contributed by atoms with Crippen LogP contribution in [0, 0.1) is 0 Å². The summed E-state index contributed by atoms with van der Waals surface area (Å²) in [7, 11) is 0. The number of nitrogens with two attached hydrogens (primary N) is 2. The van der Waals surface area contributed by atoms with Gasteiger partial charge >= 0.3 is 0 Å². The number of carbonyl (C=O) groups is 1. The van der Waals surface area contributed by atoms with E-state index in [1.807, 2.05) is 0 Å². The molecule has 0 saturated heterocycles. The van der Waals surface area contributed by atoms with Crippen LogP contribution in [0.1, 0.15) is 6.92 Å². The average Bonchev–Trinajstić information content (AvgIpc) is 1.97. The number of halogens is 1. The zero-order valence-electron chi connectivity index (χ0n) is 6.10. The maximum Gasteiger partial charge on any atom is 0.181 e. The lowest BCUT2D eigenvalue weighted by atomic mass is 9.98. The number of carbonyl (C=O) groups excluding carboxylic acids is 1. The highest BCUT2D eigenvalue weighted by molar-refractivity contribution is 9.11. The van der Waals surface area contributed by atoms with Gasteiger partial charge in [0.2, 0.25) is 0 Å². The number of rotatable bonds is 0. The summed E-state index contributed by atoms with van der Waals surface area (Å²) >= 11 is 3.21. The molecule has 1 aliphatic rings. The van der Waals surface area contributed by atoms with Crippen LogP contribution in [0.4, 0.5) is 0 Å². The topological polar surface area (TPSA) is 69.1 Å². The van der Waals surface area contributed by atoms with Crippen molar-refractivity contribution in [2.24, 2.45) is 11.5 Å². The van der Waals surface area contributed by atoms with Crippen molar-refractivity contribution in [3.8, 4) is 0 Å². The van der Waals surface area contributed by atoms with Gasteiger partial charge < -0.3 is 11.5 Å². The molecule has 0 saturated carbocycles. The second kappa shape index (κ2) is 2.79. The fraction of sp³-hybridized carbons (Fsp3) is 0.286. The van der Waals surface area contributed by atoms with Crippen molar-refractivity contribution in [2.45, 2.75) is 13.0 Å². The van der Waals surface area contributed by atoms with E-state index >= 15 is 0 Å².